The number of benzene rings is 1. The first-order chi connectivity index (χ1) is 10.6. The van der Waals surface area contributed by atoms with Crippen LogP contribution >= 0.6 is 0 Å². The van der Waals surface area contributed by atoms with Crippen LogP contribution in [0.3, 0.4) is 0 Å². The Bertz CT molecular complexity index is 885. The Kier molecular flexibility index (Phi) is 3.70. The van der Waals surface area contributed by atoms with Crippen molar-refractivity contribution in [1.29, 1.82) is 0 Å². The molecule has 2 heterocycles. The van der Waals surface area contributed by atoms with E-state index < -0.39 is 0 Å². The number of aryl methyl sites for hydroxylation is 1. The van der Waals surface area contributed by atoms with E-state index in [9.17, 15) is 9.59 Å². The van der Waals surface area contributed by atoms with Crippen LogP contribution < -0.4 is 10.9 Å². The number of hydrogen-bond acceptors (Lipinski definition) is 3. The number of carbonyl (C=O) groups excluding carboxylic acids is 1. The van der Waals surface area contributed by atoms with Gasteiger partial charge in [0.15, 0.2) is 0 Å². The van der Waals surface area contributed by atoms with Crippen LogP contribution in [0.15, 0.2) is 53.6 Å². The second kappa shape index (κ2) is 5.81. The standard InChI is InChI=1S/C17H15N3O2/c1-11-4-2-5-12-8-14(17(22)20-15(11)12)10-19-16(21)13-6-3-7-18-9-13/h2-9H,10H2,1H3,(H,19,21)(H,20,22). The lowest BCUT2D eigenvalue weighted by Gasteiger charge is -2.07. The summed E-state index contributed by atoms with van der Waals surface area (Å²) in [6, 6.07) is 11.0. The molecule has 0 bridgehead atoms. The summed E-state index contributed by atoms with van der Waals surface area (Å²) in [5.41, 5.74) is 2.65. The molecule has 0 fully saturated rings. The highest BCUT2D eigenvalue weighted by molar-refractivity contribution is 5.93. The van der Waals surface area contributed by atoms with E-state index >= 15 is 0 Å². The number of H-pyrrole nitrogens is 1. The van der Waals surface area contributed by atoms with Crippen LogP contribution in [0.2, 0.25) is 0 Å². The molecule has 22 heavy (non-hydrogen) atoms. The zero-order valence-electron chi connectivity index (χ0n) is 12.1. The van der Waals surface area contributed by atoms with E-state index in [2.05, 4.69) is 15.3 Å². The van der Waals surface area contributed by atoms with Crippen LogP contribution in [-0.2, 0) is 6.54 Å². The Morgan fingerprint density at radius 2 is 2.14 bits per heavy atom. The summed E-state index contributed by atoms with van der Waals surface area (Å²) in [5.74, 6) is -0.253. The fourth-order valence-electron chi connectivity index (χ4n) is 2.33. The van der Waals surface area contributed by atoms with E-state index in [4.69, 9.17) is 0 Å². The number of fused-ring (bicyclic) bond motifs is 1. The first kappa shape index (κ1) is 14.0. The summed E-state index contributed by atoms with van der Waals surface area (Å²) in [5, 5.41) is 3.69. The van der Waals surface area contributed by atoms with E-state index in [1.807, 2.05) is 31.2 Å². The van der Waals surface area contributed by atoms with Crippen molar-refractivity contribution < 1.29 is 4.79 Å². The number of aromatic amines is 1. The van der Waals surface area contributed by atoms with Crippen molar-refractivity contribution in [3.8, 4) is 0 Å². The van der Waals surface area contributed by atoms with Gasteiger partial charge >= 0.3 is 0 Å². The normalized spacial score (nSPS) is 10.6. The van der Waals surface area contributed by atoms with Crippen molar-refractivity contribution in [2.45, 2.75) is 13.5 Å². The van der Waals surface area contributed by atoms with Crippen LogP contribution in [0.5, 0.6) is 0 Å². The van der Waals surface area contributed by atoms with Gasteiger partial charge in [-0.3, -0.25) is 14.6 Å². The van der Waals surface area contributed by atoms with Crippen molar-refractivity contribution >= 4 is 16.8 Å². The van der Waals surface area contributed by atoms with Gasteiger partial charge in [0, 0.05) is 24.5 Å². The van der Waals surface area contributed by atoms with E-state index in [1.54, 1.807) is 18.3 Å². The summed E-state index contributed by atoms with van der Waals surface area (Å²) < 4.78 is 0. The van der Waals surface area contributed by atoms with Gasteiger partial charge in [0.05, 0.1) is 11.1 Å². The lowest BCUT2D eigenvalue weighted by Crippen LogP contribution is -2.26. The SMILES string of the molecule is Cc1cccc2cc(CNC(=O)c3cccnc3)c(=O)[nH]c12. The molecule has 0 aliphatic rings. The molecule has 0 aliphatic heterocycles. The second-order valence-electron chi connectivity index (χ2n) is 5.09. The summed E-state index contributed by atoms with van der Waals surface area (Å²) >= 11 is 0. The molecule has 0 spiro atoms. The molecular formula is C17H15N3O2. The van der Waals surface area contributed by atoms with Crippen LogP contribution in [-0.4, -0.2) is 15.9 Å². The third-order valence-corrected chi connectivity index (χ3v) is 3.53. The third kappa shape index (κ3) is 2.74. The molecule has 1 aromatic carbocycles. The Labute approximate surface area is 127 Å². The summed E-state index contributed by atoms with van der Waals surface area (Å²) in [6.07, 6.45) is 3.09. The average Bonchev–Trinajstić information content (AvgIpc) is 2.54. The molecule has 0 unspecified atom stereocenters. The predicted octanol–water partition coefficient (Wildman–Crippen LogP) is 2.16. The average molecular weight is 293 g/mol. The van der Waals surface area contributed by atoms with Gasteiger partial charge in [-0.2, -0.15) is 0 Å². The number of rotatable bonds is 3. The Morgan fingerprint density at radius 1 is 1.27 bits per heavy atom. The first-order valence-corrected chi connectivity index (χ1v) is 6.95. The molecule has 3 rings (SSSR count). The second-order valence-corrected chi connectivity index (χ2v) is 5.09. The molecule has 0 atom stereocenters. The number of aromatic nitrogens is 2. The van der Waals surface area contributed by atoms with E-state index in [-0.39, 0.29) is 18.0 Å². The highest BCUT2D eigenvalue weighted by atomic mass is 16.1. The van der Waals surface area contributed by atoms with Crippen LogP contribution in [0, 0.1) is 6.92 Å². The van der Waals surface area contributed by atoms with Crippen molar-refractivity contribution in [3.63, 3.8) is 0 Å². The maximum atomic E-state index is 12.1. The first-order valence-electron chi connectivity index (χ1n) is 6.95. The van der Waals surface area contributed by atoms with Gasteiger partial charge in [0.1, 0.15) is 0 Å². The smallest absolute Gasteiger partial charge is 0.253 e. The largest absolute Gasteiger partial charge is 0.348 e. The molecular weight excluding hydrogens is 278 g/mol. The summed E-state index contributed by atoms with van der Waals surface area (Å²) in [4.78, 5) is 30.9. The Morgan fingerprint density at radius 3 is 2.91 bits per heavy atom. The molecule has 0 radical (unpaired) electrons. The minimum Gasteiger partial charge on any atom is -0.348 e. The zero-order valence-corrected chi connectivity index (χ0v) is 12.1. The zero-order chi connectivity index (χ0) is 15.5. The quantitative estimate of drug-likeness (QED) is 0.777. The molecule has 0 aliphatic carbocycles. The maximum Gasteiger partial charge on any atom is 0.253 e. The lowest BCUT2D eigenvalue weighted by atomic mass is 10.1. The van der Waals surface area contributed by atoms with Crippen molar-refractivity contribution in [2.75, 3.05) is 0 Å². The number of carbonyl (C=O) groups is 1. The Balaban J connectivity index is 1.84. The van der Waals surface area contributed by atoms with Crippen LogP contribution in [0.1, 0.15) is 21.5 Å². The van der Waals surface area contributed by atoms with Gasteiger partial charge in [0.25, 0.3) is 11.5 Å². The highest BCUT2D eigenvalue weighted by Crippen LogP contribution is 2.14. The predicted molar refractivity (Wildman–Crippen MR) is 84.7 cm³/mol. The molecule has 1 amide bonds. The number of amides is 1. The van der Waals surface area contributed by atoms with Gasteiger partial charge in [-0.15, -0.1) is 0 Å². The van der Waals surface area contributed by atoms with Crippen LogP contribution in [0.4, 0.5) is 0 Å². The molecule has 0 saturated carbocycles. The monoisotopic (exact) mass is 293 g/mol. The highest BCUT2D eigenvalue weighted by Gasteiger charge is 2.08. The molecule has 2 N–H and O–H groups in total. The number of hydrogen-bond donors (Lipinski definition) is 2. The maximum absolute atomic E-state index is 12.1. The minimum absolute atomic E-state index is 0.174. The molecule has 5 heteroatoms. The number of nitrogens with one attached hydrogen (secondary N) is 2. The van der Waals surface area contributed by atoms with Gasteiger partial charge in [0.2, 0.25) is 0 Å². The number of pyridine rings is 2. The molecule has 5 nitrogen and oxygen atoms in total. The van der Waals surface area contributed by atoms with Gasteiger partial charge in [-0.25, -0.2) is 0 Å². The summed E-state index contributed by atoms with van der Waals surface area (Å²) in [6.45, 7) is 2.12. The number of nitrogens with zero attached hydrogens (tertiary/aromatic N) is 1. The third-order valence-electron chi connectivity index (χ3n) is 3.53. The lowest BCUT2D eigenvalue weighted by molar-refractivity contribution is 0.0950. The molecule has 0 saturated heterocycles. The Hall–Kier alpha value is -2.95. The van der Waals surface area contributed by atoms with Gasteiger partial charge in [-0.1, -0.05) is 18.2 Å². The fraction of sp³-hybridized carbons (Fsp3) is 0.118. The van der Waals surface area contributed by atoms with Crippen molar-refractivity contribution in [3.05, 3.63) is 75.8 Å². The minimum atomic E-state index is -0.253. The van der Waals surface area contributed by atoms with Gasteiger partial charge in [-0.05, 0) is 36.1 Å². The van der Waals surface area contributed by atoms with Crippen LogP contribution in [0.25, 0.3) is 10.9 Å². The van der Waals surface area contributed by atoms with Crippen molar-refractivity contribution in [2.24, 2.45) is 0 Å². The molecule has 110 valence electrons. The van der Waals surface area contributed by atoms with Crippen molar-refractivity contribution in [1.82, 2.24) is 15.3 Å². The number of para-hydroxylation sites is 1. The van der Waals surface area contributed by atoms with E-state index in [0.717, 1.165) is 16.5 Å². The molecule has 2 aromatic heterocycles. The van der Waals surface area contributed by atoms with E-state index in [1.165, 1.54) is 6.20 Å². The fourth-order valence-corrected chi connectivity index (χ4v) is 2.33. The summed E-state index contributed by atoms with van der Waals surface area (Å²) in [7, 11) is 0. The molecule has 3 aromatic rings. The van der Waals surface area contributed by atoms with E-state index in [0.29, 0.717) is 11.1 Å². The van der Waals surface area contributed by atoms with Gasteiger partial charge < -0.3 is 10.3 Å². The topological polar surface area (TPSA) is 74.8 Å².